The molecule has 0 unspecified atom stereocenters. The number of nitrogens with zero attached hydrogens (tertiary/aromatic N) is 2. The van der Waals surface area contributed by atoms with Crippen LogP contribution < -0.4 is 10.1 Å². The number of ether oxygens (including phenoxy) is 1. The summed E-state index contributed by atoms with van der Waals surface area (Å²) < 4.78 is 10.8. The molecule has 1 N–H and O–H groups in total. The molecule has 106 valence electrons. The topological polar surface area (TPSA) is 90.4 Å². The van der Waals surface area contributed by atoms with Crippen molar-refractivity contribution in [1.82, 2.24) is 10.3 Å². The molecule has 0 amide bonds. The zero-order valence-electron chi connectivity index (χ0n) is 11.3. The first-order valence-corrected chi connectivity index (χ1v) is 6.14. The van der Waals surface area contributed by atoms with Crippen molar-refractivity contribution in [1.29, 1.82) is 0 Å². The van der Waals surface area contributed by atoms with Crippen molar-refractivity contribution < 1.29 is 14.1 Å². The summed E-state index contributed by atoms with van der Waals surface area (Å²) in [5.41, 5.74) is 0.603. The maximum absolute atomic E-state index is 10.7. The molecule has 1 aromatic heterocycles. The smallest absolute Gasteiger partial charge is 0.273 e. The van der Waals surface area contributed by atoms with Crippen LogP contribution in [0.4, 0.5) is 5.69 Å². The molecule has 2 rings (SSSR count). The maximum atomic E-state index is 10.7. The Labute approximate surface area is 115 Å². The lowest BCUT2D eigenvalue weighted by molar-refractivity contribution is -0.384. The summed E-state index contributed by atoms with van der Waals surface area (Å²) in [5.74, 6) is 1.46. The van der Waals surface area contributed by atoms with Crippen molar-refractivity contribution in [2.75, 3.05) is 13.7 Å². The Morgan fingerprint density at radius 2 is 2.30 bits per heavy atom. The van der Waals surface area contributed by atoms with E-state index in [1.165, 1.54) is 19.2 Å². The Balaban J connectivity index is 2.32. The Morgan fingerprint density at radius 3 is 2.95 bits per heavy atom. The Kier molecular flexibility index (Phi) is 4.31. The highest BCUT2D eigenvalue weighted by atomic mass is 16.6. The molecule has 7 nitrogen and oxygen atoms in total. The Bertz CT molecular complexity index is 609. The van der Waals surface area contributed by atoms with Gasteiger partial charge in [0, 0.05) is 6.07 Å². The van der Waals surface area contributed by atoms with E-state index in [4.69, 9.17) is 9.15 Å². The van der Waals surface area contributed by atoms with Crippen molar-refractivity contribution in [3.05, 3.63) is 40.4 Å². The Hall–Kier alpha value is -2.41. The average molecular weight is 277 g/mol. The van der Waals surface area contributed by atoms with E-state index in [-0.39, 0.29) is 5.69 Å². The molecule has 0 bridgehead atoms. The molecule has 0 saturated heterocycles. The lowest BCUT2D eigenvalue weighted by Crippen LogP contribution is -2.11. The van der Waals surface area contributed by atoms with Gasteiger partial charge in [-0.2, -0.15) is 0 Å². The number of nitro benzene ring substituents is 1. The first kappa shape index (κ1) is 14.0. The van der Waals surface area contributed by atoms with E-state index in [1.807, 2.05) is 6.92 Å². The van der Waals surface area contributed by atoms with E-state index in [0.717, 1.165) is 6.54 Å². The van der Waals surface area contributed by atoms with Crippen LogP contribution in [0, 0.1) is 10.1 Å². The highest BCUT2D eigenvalue weighted by Crippen LogP contribution is 2.33. The Morgan fingerprint density at radius 1 is 1.50 bits per heavy atom. The monoisotopic (exact) mass is 277 g/mol. The number of hydrogen-bond acceptors (Lipinski definition) is 6. The van der Waals surface area contributed by atoms with Gasteiger partial charge in [-0.1, -0.05) is 6.92 Å². The van der Waals surface area contributed by atoms with Crippen molar-refractivity contribution in [2.45, 2.75) is 13.5 Å². The lowest BCUT2D eigenvalue weighted by atomic mass is 10.1. The molecule has 0 atom stereocenters. The third-order valence-electron chi connectivity index (χ3n) is 2.74. The summed E-state index contributed by atoms with van der Waals surface area (Å²) in [7, 11) is 1.46. The molecule has 7 heteroatoms. The van der Waals surface area contributed by atoms with Crippen LogP contribution in [0.25, 0.3) is 11.3 Å². The van der Waals surface area contributed by atoms with Crippen molar-refractivity contribution in [3.63, 3.8) is 0 Å². The summed E-state index contributed by atoms with van der Waals surface area (Å²) >= 11 is 0. The molecule has 2 aromatic rings. The largest absolute Gasteiger partial charge is 0.496 e. The fraction of sp³-hybridized carbons (Fsp3) is 0.308. The van der Waals surface area contributed by atoms with E-state index in [0.29, 0.717) is 29.5 Å². The number of hydrogen-bond donors (Lipinski definition) is 1. The second-order valence-corrected chi connectivity index (χ2v) is 4.04. The first-order chi connectivity index (χ1) is 9.65. The lowest BCUT2D eigenvalue weighted by Gasteiger charge is -2.05. The quantitative estimate of drug-likeness (QED) is 0.644. The molecule has 0 saturated carbocycles. The third kappa shape index (κ3) is 2.94. The number of rotatable bonds is 6. The molecular weight excluding hydrogens is 262 g/mol. The van der Waals surface area contributed by atoms with Crippen molar-refractivity contribution in [3.8, 4) is 17.1 Å². The fourth-order valence-corrected chi connectivity index (χ4v) is 1.75. The van der Waals surface area contributed by atoms with Crippen LogP contribution >= 0.6 is 0 Å². The van der Waals surface area contributed by atoms with Gasteiger partial charge in [0.1, 0.15) is 5.75 Å². The van der Waals surface area contributed by atoms with E-state index in [1.54, 1.807) is 12.3 Å². The zero-order chi connectivity index (χ0) is 14.5. The average Bonchev–Trinajstić information content (AvgIpc) is 2.92. The van der Waals surface area contributed by atoms with Crippen LogP contribution in [0.3, 0.4) is 0 Å². The minimum atomic E-state index is -0.469. The summed E-state index contributed by atoms with van der Waals surface area (Å²) in [6, 6.07) is 4.36. The zero-order valence-corrected chi connectivity index (χ0v) is 11.3. The number of benzene rings is 1. The molecule has 1 aromatic carbocycles. The van der Waals surface area contributed by atoms with Gasteiger partial charge >= 0.3 is 0 Å². The van der Waals surface area contributed by atoms with E-state index in [2.05, 4.69) is 10.3 Å². The second kappa shape index (κ2) is 6.16. The molecule has 0 spiro atoms. The van der Waals surface area contributed by atoms with Crippen LogP contribution in [-0.2, 0) is 6.54 Å². The first-order valence-electron chi connectivity index (χ1n) is 6.14. The highest BCUT2D eigenvalue weighted by Gasteiger charge is 2.15. The molecule has 0 aliphatic carbocycles. The van der Waals surface area contributed by atoms with Gasteiger partial charge in [-0.25, -0.2) is 4.98 Å². The summed E-state index contributed by atoms with van der Waals surface area (Å²) in [5, 5.41) is 13.9. The van der Waals surface area contributed by atoms with Crippen LogP contribution in [0.2, 0.25) is 0 Å². The molecule has 0 aliphatic heterocycles. The van der Waals surface area contributed by atoms with E-state index in [9.17, 15) is 10.1 Å². The number of methoxy groups -OCH3 is 1. The third-order valence-corrected chi connectivity index (χ3v) is 2.74. The normalized spacial score (nSPS) is 10.5. The van der Waals surface area contributed by atoms with Gasteiger partial charge in [0.2, 0.25) is 5.89 Å². The van der Waals surface area contributed by atoms with Gasteiger partial charge < -0.3 is 14.5 Å². The minimum Gasteiger partial charge on any atom is -0.496 e. The van der Waals surface area contributed by atoms with Gasteiger partial charge in [0.15, 0.2) is 5.76 Å². The SMILES string of the molecule is CCNCc1ncc(-c2ccc([N+](=O)[O-])cc2OC)o1. The molecule has 1 heterocycles. The van der Waals surface area contributed by atoms with Gasteiger partial charge in [-0.05, 0) is 12.6 Å². The van der Waals surface area contributed by atoms with Crippen LogP contribution in [0.5, 0.6) is 5.75 Å². The standard InChI is InChI=1S/C13H15N3O4/c1-3-14-8-13-15-7-12(20-13)10-5-4-9(16(17)18)6-11(10)19-2/h4-7,14H,3,8H2,1-2H3. The van der Waals surface area contributed by atoms with Gasteiger partial charge in [0.05, 0.1) is 36.4 Å². The summed E-state index contributed by atoms with van der Waals surface area (Å²) in [4.78, 5) is 14.4. The predicted octanol–water partition coefficient (Wildman–Crippen LogP) is 2.37. The fourth-order valence-electron chi connectivity index (χ4n) is 1.75. The van der Waals surface area contributed by atoms with E-state index >= 15 is 0 Å². The maximum Gasteiger partial charge on any atom is 0.273 e. The van der Waals surface area contributed by atoms with Crippen LogP contribution in [-0.4, -0.2) is 23.6 Å². The molecular formula is C13H15N3O4. The van der Waals surface area contributed by atoms with Crippen molar-refractivity contribution in [2.24, 2.45) is 0 Å². The van der Waals surface area contributed by atoms with Gasteiger partial charge in [0.25, 0.3) is 5.69 Å². The summed E-state index contributed by atoms with van der Waals surface area (Å²) in [6.07, 6.45) is 1.58. The van der Waals surface area contributed by atoms with Gasteiger partial charge in [-0.15, -0.1) is 0 Å². The van der Waals surface area contributed by atoms with E-state index < -0.39 is 4.92 Å². The molecule has 0 aliphatic rings. The van der Waals surface area contributed by atoms with Crippen molar-refractivity contribution >= 4 is 5.69 Å². The van der Waals surface area contributed by atoms with Crippen LogP contribution in [0.1, 0.15) is 12.8 Å². The minimum absolute atomic E-state index is 0.0296. The number of aromatic nitrogens is 1. The highest BCUT2D eigenvalue weighted by molar-refractivity contribution is 5.67. The molecule has 20 heavy (non-hydrogen) atoms. The number of non-ortho nitro benzene ring substituents is 1. The molecule has 0 radical (unpaired) electrons. The number of nitro groups is 1. The number of nitrogens with one attached hydrogen (secondary N) is 1. The second-order valence-electron chi connectivity index (χ2n) is 4.04. The summed E-state index contributed by atoms with van der Waals surface area (Å²) in [6.45, 7) is 3.34. The van der Waals surface area contributed by atoms with Crippen LogP contribution in [0.15, 0.2) is 28.8 Å². The number of oxazole rings is 1. The van der Waals surface area contributed by atoms with Gasteiger partial charge in [-0.3, -0.25) is 10.1 Å². The predicted molar refractivity (Wildman–Crippen MR) is 72.5 cm³/mol. The molecule has 0 fully saturated rings.